The van der Waals surface area contributed by atoms with E-state index in [2.05, 4.69) is 4.90 Å². The second-order valence-electron chi connectivity index (χ2n) is 6.58. The van der Waals surface area contributed by atoms with E-state index in [-0.39, 0.29) is 11.3 Å². The van der Waals surface area contributed by atoms with Crippen LogP contribution in [0.4, 0.5) is 0 Å². The van der Waals surface area contributed by atoms with Crippen LogP contribution >= 0.6 is 0 Å². The van der Waals surface area contributed by atoms with E-state index in [1.54, 1.807) is 11.9 Å². The molecule has 0 aromatic carbocycles. The Kier molecular flexibility index (Phi) is 6.23. The molecule has 0 bridgehead atoms. The van der Waals surface area contributed by atoms with E-state index in [0.29, 0.717) is 19.5 Å². The molecule has 1 unspecified atom stereocenters. The maximum Gasteiger partial charge on any atom is 0.222 e. The van der Waals surface area contributed by atoms with Gasteiger partial charge < -0.3 is 14.7 Å². The summed E-state index contributed by atoms with van der Waals surface area (Å²) >= 11 is 0. The molecule has 1 saturated heterocycles. The van der Waals surface area contributed by atoms with Crippen LogP contribution < -0.4 is 0 Å². The minimum absolute atomic E-state index is 0.0134. The standard InChI is InChI=1S/C14H28N2O3/c1-14(2,3)9-13(18)15(4)10-12(17)11-16-5-7-19-8-6-16/h12,17H,5-11H2,1-4H3. The summed E-state index contributed by atoms with van der Waals surface area (Å²) in [5.74, 6) is 0.0912. The number of hydrogen-bond donors (Lipinski definition) is 1. The lowest BCUT2D eigenvalue weighted by atomic mass is 9.91. The molecular weight excluding hydrogens is 244 g/mol. The van der Waals surface area contributed by atoms with Crippen molar-refractivity contribution in [2.75, 3.05) is 46.4 Å². The minimum atomic E-state index is -0.494. The van der Waals surface area contributed by atoms with Crippen molar-refractivity contribution in [1.29, 1.82) is 0 Å². The van der Waals surface area contributed by atoms with Gasteiger partial charge in [0.1, 0.15) is 0 Å². The Morgan fingerprint density at radius 1 is 1.37 bits per heavy atom. The van der Waals surface area contributed by atoms with Gasteiger partial charge in [0.15, 0.2) is 0 Å². The van der Waals surface area contributed by atoms with E-state index in [0.717, 1.165) is 26.3 Å². The fourth-order valence-electron chi connectivity index (χ4n) is 2.15. The number of carbonyl (C=O) groups is 1. The number of rotatable bonds is 5. The zero-order valence-corrected chi connectivity index (χ0v) is 12.7. The second kappa shape index (κ2) is 7.22. The molecule has 1 heterocycles. The molecule has 0 aliphatic carbocycles. The molecule has 0 spiro atoms. The first-order chi connectivity index (χ1) is 8.78. The van der Waals surface area contributed by atoms with Crippen molar-refractivity contribution in [3.8, 4) is 0 Å². The van der Waals surface area contributed by atoms with Gasteiger partial charge in [-0.1, -0.05) is 20.8 Å². The maximum absolute atomic E-state index is 12.0. The summed E-state index contributed by atoms with van der Waals surface area (Å²) < 4.78 is 5.27. The van der Waals surface area contributed by atoms with Crippen molar-refractivity contribution >= 4 is 5.91 Å². The van der Waals surface area contributed by atoms with Crippen molar-refractivity contribution in [3.05, 3.63) is 0 Å². The molecule has 1 N–H and O–H groups in total. The van der Waals surface area contributed by atoms with Crippen LogP contribution in [0.3, 0.4) is 0 Å². The van der Waals surface area contributed by atoms with Crippen LogP contribution in [0.25, 0.3) is 0 Å². The number of morpholine rings is 1. The van der Waals surface area contributed by atoms with Gasteiger partial charge >= 0.3 is 0 Å². The number of amides is 1. The van der Waals surface area contributed by atoms with Crippen LogP contribution in [0.15, 0.2) is 0 Å². The number of aliphatic hydroxyl groups is 1. The average molecular weight is 272 g/mol. The second-order valence-corrected chi connectivity index (χ2v) is 6.58. The first-order valence-electron chi connectivity index (χ1n) is 7.00. The van der Waals surface area contributed by atoms with Gasteiger partial charge in [-0.3, -0.25) is 9.69 Å². The summed E-state index contributed by atoms with van der Waals surface area (Å²) in [6.45, 7) is 10.3. The highest BCUT2D eigenvalue weighted by molar-refractivity contribution is 5.76. The van der Waals surface area contributed by atoms with Gasteiger partial charge in [0.05, 0.1) is 19.3 Å². The van der Waals surface area contributed by atoms with E-state index >= 15 is 0 Å². The van der Waals surface area contributed by atoms with E-state index in [1.165, 1.54) is 0 Å². The normalized spacial score (nSPS) is 19.2. The Bertz CT molecular complexity index is 283. The molecular formula is C14H28N2O3. The molecule has 0 radical (unpaired) electrons. The van der Waals surface area contributed by atoms with Crippen LogP contribution in [-0.4, -0.2) is 73.4 Å². The molecule has 1 aliphatic heterocycles. The zero-order chi connectivity index (χ0) is 14.5. The first-order valence-corrected chi connectivity index (χ1v) is 7.00. The van der Waals surface area contributed by atoms with Gasteiger partial charge in [0.2, 0.25) is 5.91 Å². The average Bonchev–Trinajstić information content (AvgIpc) is 2.27. The number of likely N-dealkylation sites (N-methyl/N-ethyl adjacent to an activating group) is 1. The highest BCUT2D eigenvalue weighted by Gasteiger charge is 2.22. The van der Waals surface area contributed by atoms with Crippen molar-refractivity contribution in [2.45, 2.75) is 33.3 Å². The summed E-state index contributed by atoms with van der Waals surface area (Å²) in [7, 11) is 1.76. The predicted molar refractivity (Wildman–Crippen MR) is 75.0 cm³/mol. The van der Waals surface area contributed by atoms with Gasteiger partial charge in [-0.15, -0.1) is 0 Å². The topological polar surface area (TPSA) is 53.0 Å². The number of β-amino-alcohol motifs (C(OH)–C–C–N with tert-alkyl or cyclic N) is 1. The number of carbonyl (C=O) groups excluding carboxylic acids is 1. The Morgan fingerprint density at radius 3 is 2.47 bits per heavy atom. The Labute approximate surface area is 116 Å². The molecule has 5 nitrogen and oxygen atoms in total. The zero-order valence-electron chi connectivity index (χ0n) is 12.7. The highest BCUT2D eigenvalue weighted by atomic mass is 16.5. The molecule has 1 atom stereocenters. The van der Waals surface area contributed by atoms with Crippen molar-refractivity contribution in [1.82, 2.24) is 9.80 Å². The van der Waals surface area contributed by atoms with Crippen molar-refractivity contribution in [2.24, 2.45) is 5.41 Å². The Hall–Kier alpha value is -0.650. The molecule has 0 saturated carbocycles. The molecule has 112 valence electrons. The highest BCUT2D eigenvalue weighted by Crippen LogP contribution is 2.19. The van der Waals surface area contributed by atoms with Crippen molar-refractivity contribution < 1.29 is 14.6 Å². The third-order valence-corrected chi connectivity index (χ3v) is 3.16. The molecule has 0 aromatic heterocycles. The van der Waals surface area contributed by atoms with Crippen LogP contribution in [0.5, 0.6) is 0 Å². The van der Waals surface area contributed by atoms with E-state index in [1.807, 2.05) is 20.8 Å². The minimum Gasteiger partial charge on any atom is -0.390 e. The lowest BCUT2D eigenvalue weighted by Crippen LogP contribution is -2.45. The molecule has 1 aliphatic rings. The number of hydrogen-bond acceptors (Lipinski definition) is 4. The van der Waals surface area contributed by atoms with Gasteiger partial charge in [-0.2, -0.15) is 0 Å². The van der Waals surface area contributed by atoms with Gasteiger partial charge in [0, 0.05) is 39.6 Å². The fourth-order valence-corrected chi connectivity index (χ4v) is 2.15. The summed E-state index contributed by atoms with van der Waals surface area (Å²) in [4.78, 5) is 15.8. The maximum atomic E-state index is 12.0. The molecule has 1 rings (SSSR count). The third-order valence-electron chi connectivity index (χ3n) is 3.16. The van der Waals surface area contributed by atoms with Gasteiger partial charge in [-0.25, -0.2) is 0 Å². The Balaban J connectivity index is 2.30. The summed E-state index contributed by atoms with van der Waals surface area (Å²) in [6.07, 6.45) is 0.0142. The number of ether oxygens (including phenoxy) is 1. The van der Waals surface area contributed by atoms with E-state index in [4.69, 9.17) is 4.74 Å². The third kappa shape index (κ3) is 6.89. The summed E-state index contributed by atoms with van der Waals surface area (Å²) in [5.41, 5.74) is -0.0134. The number of nitrogens with zero attached hydrogens (tertiary/aromatic N) is 2. The SMILES string of the molecule is CN(CC(O)CN1CCOCC1)C(=O)CC(C)(C)C. The Morgan fingerprint density at radius 2 is 1.95 bits per heavy atom. The summed E-state index contributed by atoms with van der Waals surface area (Å²) in [6, 6.07) is 0. The van der Waals surface area contributed by atoms with Crippen molar-refractivity contribution in [3.63, 3.8) is 0 Å². The molecule has 5 heteroatoms. The van der Waals surface area contributed by atoms with Crippen LogP contribution in [-0.2, 0) is 9.53 Å². The first kappa shape index (κ1) is 16.4. The van der Waals surface area contributed by atoms with Crippen LogP contribution in [0.2, 0.25) is 0 Å². The predicted octanol–water partition coefficient (Wildman–Crippen LogP) is 0.574. The molecule has 19 heavy (non-hydrogen) atoms. The largest absolute Gasteiger partial charge is 0.390 e. The monoisotopic (exact) mass is 272 g/mol. The lowest BCUT2D eigenvalue weighted by Gasteiger charge is -2.30. The molecule has 1 amide bonds. The lowest BCUT2D eigenvalue weighted by molar-refractivity contribution is -0.133. The van der Waals surface area contributed by atoms with E-state index in [9.17, 15) is 9.90 Å². The smallest absolute Gasteiger partial charge is 0.222 e. The number of aliphatic hydroxyl groups excluding tert-OH is 1. The van der Waals surface area contributed by atoms with E-state index < -0.39 is 6.10 Å². The molecule has 0 aromatic rings. The quantitative estimate of drug-likeness (QED) is 0.795. The summed E-state index contributed by atoms with van der Waals surface area (Å²) in [5, 5.41) is 10.0. The fraction of sp³-hybridized carbons (Fsp3) is 0.929. The van der Waals surface area contributed by atoms with Crippen LogP contribution in [0, 0.1) is 5.41 Å². The van der Waals surface area contributed by atoms with Gasteiger partial charge in [0.25, 0.3) is 0 Å². The van der Waals surface area contributed by atoms with Gasteiger partial charge in [-0.05, 0) is 5.41 Å². The molecule has 1 fully saturated rings. The van der Waals surface area contributed by atoms with Crippen LogP contribution in [0.1, 0.15) is 27.2 Å².